The van der Waals surface area contributed by atoms with Gasteiger partial charge in [0.25, 0.3) is 0 Å². The number of benzene rings is 1. The van der Waals surface area contributed by atoms with Crippen LogP contribution < -0.4 is 5.73 Å². The summed E-state index contributed by atoms with van der Waals surface area (Å²) in [6, 6.07) is 5.68. The average molecular weight is 209 g/mol. The van der Waals surface area contributed by atoms with Gasteiger partial charge >= 0.3 is 0 Å². The molecule has 0 bridgehead atoms. The third-order valence-corrected chi connectivity index (χ3v) is 3.24. The fourth-order valence-electron chi connectivity index (χ4n) is 1.21. The maximum Gasteiger partial charge on any atom is 0.162 e. The standard InChI is InChI=1S/C9H7NOS2/c10-9-6-3-5(12)1-2-7(6)13-8(9)4-11/h1-4,12H,10H2. The molecule has 1 heterocycles. The summed E-state index contributed by atoms with van der Waals surface area (Å²) < 4.78 is 1.03. The Labute approximate surface area is 84.8 Å². The van der Waals surface area contributed by atoms with Crippen LogP contribution in [0.15, 0.2) is 23.1 Å². The van der Waals surface area contributed by atoms with E-state index in [-0.39, 0.29) is 0 Å². The molecule has 0 radical (unpaired) electrons. The maximum absolute atomic E-state index is 10.6. The molecule has 0 fully saturated rings. The molecule has 2 nitrogen and oxygen atoms in total. The van der Waals surface area contributed by atoms with Gasteiger partial charge in [0.05, 0.1) is 10.6 Å². The van der Waals surface area contributed by atoms with Crippen LogP contribution in [0.1, 0.15) is 9.67 Å². The van der Waals surface area contributed by atoms with Crippen molar-refractivity contribution in [3.8, 4) is 0 Å². The van der Waals surface area contributed by atoms with Crippen LogP contribution in [-0.2, 0) is 0 Å². The van der Waals surface area contributed by atoms with Crippen molar-refractivity contribution in [2.45, 2.75) is 4.90 Å². The monoisotopic (exact) mass is 209 g/mol. The number of nitrogens with two attached hydrogens (primary N) is 1. The maximum atomic E-state index is 10.6. The largest absolute Gasteiger partial charge is 0.397 e. The van der Waals surface area contributed by atoms with Gasteiger partial charge in [0.2, 0.25) is 0 Å². The normalized spacial score (nSPS) is 10.5. The van der Waals surface area contributed by atoms with Gasteiger partial charge in [-0.15, -0.1) is 24.0 Å². The number of thiol groups is 1. The number of aldehydes is 1. The van der Waals surface area contributed by atoms with E-state index in [2.05, 4.69) is 12.6 Å². The molecule has 0 atom stereocenters. The van der Waals surface area contributed by atoms with Gasteiger partial charge in [0, 0.05) is 15.0 Å². The van der Waals surface area contributed by atoms with Gasteiger partial charge in [-0.3, -0.25) is 4.79 Å². The summed E-state index contributed by atoms with van der Waals surface area (Å²) in [4.78, 5) is 12.0. The lowest BCUT2D eigenvalue weighted by atomic mass is 10.2. The number of rotatable bonds is 1. The molecular weight excluding hydrogens is 202 g/mol. The van der Waals surface area contributed by atoms with Crippen LogP contribution in [0.4, 0.5) is 5.69 Å². The summed E-state index contributed by atoms with van der Waals surface area (Å²) in [7, 11) is 0. The number of carbonyl (C=O) groups excluding carboxylic acids is 1. The molecule has 1 aromatic carbocycles. The molecule has 0 aliphatic carbocycles. The lowest BCUT2D eigenvalue weighted by molar-refractivity contribution is 0.112. The first-order valence-electron chi connectivity index (χ1n) is 3.68. The Hall–Kier alpha value is -1.00. The fourth-order valence-corrected chi connectivity index (χ4v) is 2.33. The molecule has 1 aromatic heterocycles. The zero-order valence-corrected chi connectivity index (χ0v) is 8.36. The first-order valence-corrected chi connectivity index (χ1v) is 4.95. The van der Waals surface area contributed by atoms with Gasteiger partial charge in [-0.2, -0.15) is 0 Å². The summed E-state index contributed by atoms with van der Waals surface area (Å²) in [5.74, 6) is 0. The highest BCUT2D eigenvalue weighted by Crippen LogP contribution is 2.33. The highest BCUT2D eigenvalue weighted by atomic mass is 32.1. The lowest BCUT2D eigenvalue weighted by Crippen LogP contribution is -1.86. The van der Waals surface area contributed by atoms with Crippen LogP contribution in [0.25, 0.3) is 10.1 Å². The van der Waals surface area contributed by atoms with Crippen molar-refractivity contribution in [1.29, 1.82) is 0 Å². The number of carbonyl (C=O) groups is 1. The first kappa shape index (κ1) is 8.59. The van der Waals surface area contributed by atoms with E-state index in [0.29, 0.717) is 10.6 Å². The molecule has 13 heavy (non-hydrogen) atoms. The van der Waals surface area contributed by atoms with Gasteiger partial charge in [0.15, 0.2) is 6.29 Å². The number of thiophene rings is 1. The summed E-state index contributed by atoms with van der Waals surface area (Å²) in [5.41, 5.74) is 6.32. The second kappa shape index (κ2) is 3.05. The molecule has 0 aliphatic rings. The van der Waals surface area contributed by atoms with Crippen molar-refractivity contribution in [3.63, 3.8) is 0 Å². The number of anilines is 1. The summed E-state index contributed by atoms with van der Waals surface area (Å²) >= 11 is 5.61. The Bertz CT molecular complexity index is 476. The smallest absolute Gasteiger partial charge is 0.162 e. The predicted molar refractivity (Wildman–Crippen MR) is 58.9 cm³/mol. The van der Waals surface area contributed by atoms with Gasteiger partial charge in [-0.25, -0.2) is 0 Å². The zero-order chi connectivity index (χ0) is 9.42. The Morgan fingerprint density at radius 2 is 2.23 bits per heavy atom. The van der Waals surface area contributed by atoms with Crippen molar-refractivity contribution in [2.75, 3.05) is 5.73 Å². The molecule has 4 heteroatoms. The van der Waals surface area contributed by atoms with Crippen LogP contribution in [0.5, 0.6) is 0 Å². The third kappa shape index (κ3) is 1.32. The van der Waals surface area contributed by atoms with E-state index < -0.39 is 0 Å². The SMILES string of the molecule is Nc1c(C=O)sc2ccc(S)cc12. The number of hydrogen-bond donors (Lipinski definition) is 2. The van der Waals surface area contributed by atoms with Crippen LogP contribution in [0, 0.1) is 0 Å². The topological polar surface area (TPSA) is 43.1 Å². The highest BCUT2D eigenvalue weighted by Gasteiger charge is 2.07. The Balaban J connectivity index is 2.84. The van der Waals surface area contributed by atoms with E-state index in [0.717, 1.165) is 21.3 Å². The second-order valence-corrected chi connectivity index (χ2v) is 4.28. The molecule has 2 N–H and O–H groups in total. The Kier molecular flexibility index (Phi) is 2.01. The molecule has 2 rings (SSSR count). The van der Waals surface area contributed by atoms with E-state index in [1.165, 1.54) is 11.3 Å². The molecule has 0 saturated heterocycles. The van der Waals surface area contributed by atoms with E-state index in [1.807, 2.05) is 18.2 Å². The molecule has 0 unspecified atom stereocenters. The summed E-state index contributed by atoms with van der Waals surface area (Å²) in [6.07, 6.45) is 0.790. The second-order valence-electron chi connectivity index (χ2n) is 2.68. The number of nitrogen functional groups attached to an aromatic ring is 1. The predicted octanol–water partition coefficient (Wildman–Crippen LogP) is 2.58. The number of fused-ring (bicyclic) bond motifs is 1. The van der Waals surface area contributed by atoms with Crippen molar-refractivity contribution >= 4 is 46.0 Å². The minimum absolute atomic E-state index is 0.561. The van der Waals surface area contributed by atoms with Crippen molar-refractivity contribution in [1.82, 2.24) is 0 Å². The Morgan fingerprint density at radius 3 is 2.92 bits per heavy atom. The van der Waals surface area contributed by atoms with Crippen molar-refractivity contribution < 1.29 is 4.79 Å². The molecule has 0 amide bonds. The summed E-state index contributed by atoms with van der Waals surface area (Å²) in [5, 5.41) is 0.916. The van der Waals surface area contributed by atoms with E-state index in [4.69, 9.17) is 5.73 Å². The highest BCUT2D eigenvalue weighted by molar-refractivity contribution is 7.80. The van der Waals surface area contributed by atoms with Crippen LogP contribution in [0.2, 0.25) is 0 Å². The zero-order valence-electron chi connectivity index (χ0n) is 6.65. The lowest BCUT2D eigenvalue weighted by Gasteiger charge is -1.92. The number of hydrogen-bond acceptors (Lipinski definition) is 4. The van der Waals surface area contributed by atoms with Crippen LogP contribution in [-0.4, -0.2) is 6.29 Å². The first-order chi connectivity index (χ1) is 6.22. The van der Waals surface area contributed by atoms with E-state index in [1.54, 1.807) is 0 Å². The van der Waals surface area contributed by atoms with E-state index >= 15 is 0 Å². The molecular formula is C9H7NOS2. The summed E-state index contributed by atoms with van der Waals surface area (Å²) in [6.45, 7) is 0. The molecule has 2 aromatic rings. The minimum Gasteiger partial charge on any atom is -0.397 e. The minimum atomic E-state index is 0.561. The molecule has 0 aliphatic heterocycles. The van der Waals surface area contributed by atoms with Crippen molar-refractivity contribution in [3.05, 3.63) is 23.1 Å². The van der Waals surface area contributed by atoms with Crippen molar-refractivity contribution in [2.24, 2.45) is 0 Å². The Morgan fingerprint density at radius 1 is 1.46 bits per heavy atom. The van der Waals surface area contributed by atoms with Gasteiger partial charge < -0.3 is 5.73 Å². The van der Waals surface area contributed by atoms with Gasteiger partial charge in [-0.05, 0) is 18.2 Å². The molecule has 0 saturated carbocycles. The quantitative estimate of drug-likeness (QED) is 0.560. The average Bonchev–Trinajstić information content (AvgIpc) is 2.44. The van der Waals surface area contributed by atoms with Gasteiger partial charge in [-0.1, -0.05) is 0 Å². The van der Waals surface area contributed by atoms with Crippen LogP contribution in [0.3, 0.4) is 0 Å². The van der Waals surface area contributed by atoms with Crippen LogP contribution >= 0.6 is 24.0 Å². The van der Waals surface area contributed by atoms with E-state index in [9.17, 15) is 4.79 Å². The molecule has 66 valence electrons. The third-order valence-electron chi connectivity index (χ3n) is 1.85. The fraction of sp³-hybridized carbons (Fsp3) is 0. The van der Waals surface area contributed by atoms with Gasteiger partial charge in [0.1, 0.15) is 0 Å². The molecule has 0 spiro atoms.